The van der Waals surface area contributed by atoms with Gasteiger partial charge in [-0.1, -0.05) is 29.9 Å². The number of allylic oxidation sites excluding steroid dienone is 5. The number of carbonyl (C=O) groups excluding carboxylic acids is 2. The average molecular weight is 246 g/mol. The summed E-state index contributed by atoms with van der Waals surface area (Å²) < 4.78 is 5.03. The zero-order chi connectivity index (χ0) is 13.1. The van der Waals surface area contributed by atoms with E-state index in [1.807, 2.05) is 19.1 Å². The van der Waals surface area contributed by atoms with Gasteiger partial charge in [0, 0.05) is 11.5 Å². The summed E-state index contributed by atoms with van der Waals surface area (Å²) >= 11 is 0. The Labute approximate surface area is 107 Å². The monoisotopic (exact) mass is 246 g/mol. The molecule has 2 aliphatic carbocycles. The molecule has 3 nitrogen and oxygen atoms in total. The van der Waals surface area contributed by atoms with Gasteiger partial charge in [0.2, 0.25) is 0 Å². The third kappa shape index (κ3) is 2.45. The van der Waals surface area contributed by atoms with Crippen molar-refractivity contribution < 1.29 is 14.3 Å². The lowest BCUT2D eigenvalue weighted by Gasteiger charge is -2.16. The van der Waals surface area contributed by atoms with Gasteiger partial charge in [0.25, 0.3) is 0 Å². The molecule has 2 atom stereocenters. The molecule has 18 heavy (non-hydrogen) atoms. The third-order valence-electron chi connectivity index (χ3n) is 3.46. The van der Waals surface area contributed by atoms with Crippen LogP contribution in [0, 0.1) is 11.8 Å². The molecule has 3 heteroatoms. The van der Waals surface area contributed by atoms with Crippen LogP contribution in [-0.4, -0.2) is 18.4 Å². The number of hydrogen-bond acceptors (Lipinski definition) is 3. The number of fused-ring (bicyclic) bond motifs is 2. The van der Waals surface area contributed by atoms with Crippen molar-refractivity contribution in [2.75, 3.05) is 6.61 Å². The summed E-state index contributed by atoms with van der Waals surface area (Å²) in [5.41, 5.74) is 1.71. The average Bonchev–Trinajstić information content (AvgIpc) is 2.57. The van der Waals surface area contributed by atoms with Crippen molar-refractivity contribution in [2.24, 2.45) is 11.8 Å². The summed E-state index contributed by atoms with van der Waals surface area (Å²) in [6.07, 6.45) is 8.87. The van der Waals surface area contributed by atoms with Gasteiger partial charge in [-0.25, -0.2) is 4.79 Å². The van der Waals surface area contributed by atoms with Crippen LogP contribution in [0.25, 0.3) is 0 Å². The summed E-state index contributed by atoms with van der Waals surface area (Å²) in [6.45, 7) is 4.14. The summed E-state index contributed by atoms with van der Waals surface area (Å²) in [6, 6.07) is 0. The quantitative estimate of drug-likeness (QED) is 0.555. The minimum atomic E-state index is -0.367. The van der Waals surface area contributed by atoms with Crippen molar-refractivity contribution in [2.45, 2.75) is 26.7 Å². The lowest BCUT2D eigenvalue weighted by atomic mass is 9.87. The van der Waals surface area contributed by atoms with Crippen molar-refractivity contribution in [1.29, 1.82) is 0 Å². The van der Waals surface area contributed by atoms with E-state index in [0.717, 1.165) is 6.42 Å². The van der Waals surface area contributed by atoms with E-state index in [-0.39, 0.29) is 23.6 Å². The molecule has 0 aliphatic heterocycles. The number of esters is 1. The molecule has 0 N–H and O–H groups in total. The normalized spacial score (nSPS) is 26.9. The Balaban J connectivity index is 2.33. The van der Waals surface area contributed by atoms with E-state index in [1.54, 1.807) is 13.0 Å². The fourth-order valence-corrected chi connectivity index (χ4v) is 2.50. The molecule has 2 unspecified atom stereocenters. The summed E-state index contributed by atoms with van der Waals surface area (Å²) in [5, 5.41) is 0. The minimum Gasteiger partial charge on any atom is -0.463 e. The lowest BCUT2D eigenvalue weighted by molar-refractivity contribution is -0.140. The Bertz CT molecular complexity index is 454. The van der Waals surface area contributed by atoms with E-state index in [4.69, 9.17) is 4.74 Å². The second-order valence-electron chi connectivity index (χ2n) is 4.78. The molecule has 0 aromatic carbocycles. The van der Waals surface area contributed by atoms with Gasteiger partial charge in [-0.2, -0.15) is 0 Å². The first-order valence-corrected chi connectivity index (χ1v) is 6.38. The number of hydrogen-bond donors (Lipinski definition) is 0. The fraction of sp³-hybridized carbons (Fsp3) is 0.467. The fourth-order valence-electron chi connectivity index (χ4n) is 2.50. The van der Waals surface area contributed by atoms with Gasteiger partial charge >= 0.3 is 5.97 Å². The Morgan fingerprint density at radius 3 is 3.00 bits per heavy atom. The molecule has 2 rings (SSSR count). The number of Topliss-reactive ketones (excluding diaryl/α,β-unsaturated/α-hetero) is 1. The molecule has 0 saturated heterocycles. The highest BCUT2D eigenvalue weighted by molar-refractivity contribution is 6.00. The van der Waals surface area contributed by atoms with E-state index in [1.165, 1.54) is 5.57 Å². The van der Waals surface area contributed by atoms with Crippen LogP contribution in [0.15, 0.2) is 35.5 Å². The second kappa shape index (κ2) is 5.34. The third-order valence-corrected chi connectivity index (χ3v) is 3.46. The molecule has 0 heterocycles. The molecule has 0 aromatic heterocycles. The van der Waals surface area contributed by atoms with E-state index in [2.05, 4.69) is 6.08 Å². The van der Waals surface area contributed by atoms with Crippen molar-refractivity contribution in [3.05, 3.63) is 35.5 Å². The molecule has 0 amide bonds. The van der Waals surface area contributed by atoms with Crippen LogP contribution >= 0.6 is 0 Å². The standard InChI is InChI=1S/C15H18O3/c1-3-18-15(17)13-6-4-5-11-9-10(2)7-8-12(13)14(11)16/h4-7,11-12H,3,8-9H2,1-2H3. The molecular formula is C15H18O3. The smallest absolute Gasteiger partial charge is 0.334 e. The summed E-state index contributed by atoms with van der Waals surface area (Å²) in [4.78, 5) is 24.3. The highest BCUT2D eigenvalue weighted by Crippen LogP contribution is 2.32. The van der Waals surface area contributed by atoms with Crippen molar-refractivity contribution in [3.8, 4) is 0 Å². The first-order chi connectivity index (χ1) is 8.63. The number of ketones is 1. The molecule has 0 fully saturated rings. The SMILES string of the molecule is CCOC(=O)C1=CC=CC2CC(C)=CCC1C2=O. The van der Waals surface area contributed by atoms with Crippen LogP contribution in [0.1, 0.15) is 26.7 Å². The van der Waals surface area contributed by atoms with Crippen molar-refractivity contribution >= 4 is 11.8 Å². The zero-order valence-electron chi connectivity index (χ0n) is 10.8. The van der Waals surface area contributed by atoms with Crippen LogP contribution in [0.3, 0.4) is 0 Å². The predicted molar refractivity (Wildman–Crippen MR) is 68.8 cm³/mol. The van der Waals surface area contributed by atoms with Crippen LogP contribution in [0.2, 0.25) is 0 Å². The van der Waals surface area contributed by atoms with Crippen molar-refractivity contribution in [3.63, 3.8) is 0 Å². The first kappa shape index (κ1) is 12.8. The van der Waals surface area contributed by atoms with Gasteiger partial charge in [-0.15, -0.1) is 0 Å². The maximum absolute atomic E-state index is 12.4. The molecule has 2 bridgehead atoms. The molecule has 0 radical (unpaired) electrons. The molecule has 2 aliphatic rings. The highest BCUT2D eigenvalue weighted by atomic mass is 16.5. The van der Waals surface area contributed by atoms with Gasteiger partial charge in [0.05, 0.1) is 12.5 Å². The Kier molecular flexibility index (Phi) is 3.80. The summed E-state index contributed by atoms with van der Waals surface area (Å²) in [5.74, 6) is -0.677. The molecule has 0 aromatic rings. The Morgan fingerprint density at radius 1 is 1.50 bits per heavy atom. The van der Waals surface area contributed by atoms with Crippen LogP contribution in [0.4, 0.5) is 0 Å². The Hall–Kier alpha value is -1.64. The van der Waals surface area contributed by atoms with E-state index >= 15 is 0 Å². The maximum atomic E-state index is 12.4. The minimum absolute atomic E-state index is 0.100. The van der Waals surface area contributed by atoms with E-state index in [9.17, 15) is 9.59 Å². The molecule has 0 spiro atoms. The number of carbonyl (C=O) groups is 2. The van der Waals surface area contributed by atoms with Crippen LogP contribution < -0.4 is 0 Å². The van der Waals surface area contributed by atoms with E-state index < -0.39 is 0 Å². The van der Waals surface area contributed by atoms with Crippen LogP contribution in [-0.2, 0) is 14.3 Å². The largest absolute Gasteiger partial charge is 0.463 e. The number of rotatable bonds is 2. The molecular weight excluding hydrogens is 228 g/mol. The second-order valence-corrected chi connectivity index (χ2v) is 4.78. The zero-order valence-corrected chi connectivity index (χ0v) is 10.8. The van der Waals surface area contributed by atoms with E-state index in [0.29, 0.717) is 18.6 Å². The topological polar surface area (TPSA) is 43.4 Å². The Morgan fingerprint density at radius 2 is 2.28 bits per heavy atom. The van der Waals surface area contributed by atoms with Crippen molar-refractivity contribution in [1.82, 2.24) is 0 Å². The van der Waals surface area contributed by atoms with Gasteiger partial charge in [-0.3, -0.25) is 4.79 Å². The van der Waals surface area contributed by atoms with Gasteiger partial charge in [0.15, 0.2) is 0 Å². The van der Waals surface area contributed by atoms with Crippen LogP contribution in [0.5, 0.6) is 0 Å². The maximum Gasteiger partial charge on any atom is 0.334 e. The highest BCUT2D eigenvalue weighted by Gasteiger charge is 2.34. The lowest BCUT2D eigenvalue weighted by Crippen LogP contribution is -2.25. The van der Waals surface area contributed by atoms with Gasteiger partial charge in [-0.05, 0) is 26.7 Å². The molecule has 0 saturated carbocycles. The van der Waals surface area contributed by atoms with Gasteiger partial charge in [0.1, 0.15) is 5.78 Å². The molecule has 96 valence electrons. The van der Waals surface area contributed by atoms with Gasteiger partial charge < -0.3 is 4.74 Å². The first-order valence-electron chi connectivity index (χ1n) is 6.38. The number of ether oxygens (including phenoxy) is 1. The summed E-state index contributed by atoms with van der Waals surface area (Å²) in [7, 11) is 0. The predicted octanol–water partition coefficient (Wildman–Crippen LogP) is 2.59.